The number of tetrazole rings is 1. The van der Waals surface area contributed by atoms with Crippen molar-refractivity contribution in [1.82, 2.24) is 30.4 Å². The average Bonchev–Trinajstić information content (AvgIpc) is 3.57. The Morgan fingerprint density at radius 3 is 2.66 bits per heavy atom. The van der Waals surface area contributed by atoms with Crippen LogP contribution < -0.4 is 5.32 Å². The summed E-state index contributed by atoms with van der Waals surface area (Å²) in [6.45, 7) is 1.17. The SMILES string of the molecule is Cn1nnc([C@@H]2CCCN2C(=O)[C@@H](CNC(=O)OCc2ccccc2)CC2CCCC2)n1. The fourth-order valence-electron chi connectivity index (χ4n) is 4.87. The number of amides is 2. The Hall–Kier alpha value is -2.97. The van der Waals surface area contributed by atoms with E-state index in [2.05, 4.69) is 20.7 Å². The van der Waals surface area contributed by atoms with Gasteiger partial charge >= 0.3 is 6.09 Å². The summed E-state index contributed by atoms with van der Waals surface area (Å²) in [7, 11) is 1.73. The number of hydrogen-bond acceptors (Lipinski definition) is 6. The summed E-state index contributed by atoms with van der Waals surface area (Å²) in [5.41, 5.74) is 0.928. The monoisotopic (exact) mass is 440 g/mol. The largest absolute Gasteiger partial charge is 0.445 e. The van der Waals surface area contributed by atoms with Crippen LogP contribution in [0.1, 0.15) is 62.4 Å². The first-order valence-corrected chi connectivity index (χ1v) is 11.6. The molecule has 2 atom stereocenters. The highest BCUT2D eigenvalue weighted by molar-refractivity contribution is 5.80. The number of nitrogens with one attached hydrogen (secondary N) is 1. The number of carbonyl (C=O) groups is 2. The summed E-state index contributed by atoms with van der Waals surface area (Å²) in [5.74, 6) is 0.907. The predicted octanol–water partition coefficient (Wildman–Crippen LogP) is 3.00. The van der Waals surface area contributed by atoms with Crippen LogP contribution in [-0.4, -0.2) is 50.2 Å². The van der Waals surface area contributed by atoms with Crippen molar-refractivity contribution in [1.29, 1.82) is 0 Å². The molecule has 1 N–H and O–H groups in total. The second kappa shape index (κ2) is 10.6. The molecule has 9 heteroatoms. The van der Waals surface area contributed by atoms with Crippen LogP contribution >= 0.6 is 0 Å². The van der Waals surface area contributed by atoms with Gasteiger partial charge < -0.3 is 15.0 Å². The first-order chi connectivity index (χ1) is 15.6. The van der Waals surface area contributed by atoms with Crippen molar-refractivity contribution in [2.75, 3.05) is 13.1 Å². The van der Waals surface area contributed by atoms with Crippen molar-refractivity contribution in [3.8, 4) is 0 Å². The first kappa shape index (κ1) is 22.2. The van der Waals surface area contributed by atoms with Gasteiger partial charge in [0.2, 0.25) is 5.91 Å². The van der Waals surface area contributed by atoms with Gasteiger partial charge in [-0.05, 0) is 36.0 Å². The van der Waals surface area contributed by atoms with Gasteiger partial charge in [-0.3, -0.25) is 4.79 Å². The Labute approximate surface area is 188 Å². The van der Waals surface area contributed by atoms with Crippen LogP contribution in [0.15, 0.2) is 30.3 Å². The maximum absolute atomic E-state index is 13.6. The molecule has 1 saturated heterocycles. The molecule has 172 valence electrons. The smallest absolute Gasteiger partial charge is 0.407 e. The van der Waals surface area contributed by atoms with E-state index in [4.69, 9.17) is 4.74 Å². The minimum atomic E-state index is -0.494. The molecular formula is C23H32N6O3. The van der Waals surface area contributed by atoms with E-state index in [9.17, 15) is 9.59 Å². The highest BCUT2D eigenvalue weighted by Gasteiger charge is 2.37. The van der Waals surface area contributed by atoms with Crippen LogP contribution in [0.5, 0.6) is 0 Å². The molecule has 0 unspecified atom stereocenters. The van der Waals surface area contributed by atoms with Crippen LogP contribution in [-0.2, 0) is 23.2 Å². The topological polar surface area (TPSA) is 102 Å². The van der Waals surface area contributed by atoms with Crippen molar-refractivity contribution in [3.05, 3.63) is 41.7 Å². The van der Waals surface area contributed by atoms with Crippen molar-refractivity contribution in [2.24, 2.45) is 18.9 Å². The summed E-state index contributed by atoms with van der Waals surface area (Å²) in [6, 6.07) is 9.41. The van der Waals surface area contributed by atoms with E-state index in [1.165, 1.54) is 17.6 Å². The van der Waals surface area contributed by atoms with E-state index in [0.29, 0.717) is 18.3 Å². The number of likely N-dealkylation sites (tertiary alicyclic amines) is 1. The molecule has 0 bridgehead atoms. The third kappa shape index (κ3) is 5.63. The molecule has 2 amide bonds. The second-order valence-corrected chi connectivity index (χ2v) is 8.85. The molecule has 2 aromatic rings. The number of hydrogen-bond donors (Lipinski definition) is 1. The van der Waals surface area contributed by atoms with Gasteiger partial charge in [0, 0.05) is 13.1 Å². The van der Waals surface area contributed by atoms with E-state index in [-0.39, 0.29) is 31.0 Å². The molecule has 1 aromatic carbocycles. The third-order valence-electron chi connectivity index (χ3n) is 6.51. The maximum atomic E-state index is 13.6. The number of carbonyl (C=O) groups excluding carboxylic acids is 2. The first-order valence-electron chi connectivity index (χ1n) is 11.6. The molecule has 32 heavy (non-hydrogen) atoms. The van der Waals surface area contributed by atoms with Gasteiger partial charge in [-0.1, -0.05) is 56.0 Å². The number of alkyl carbamates (subject to hydrolysis) is 1. The molecule has 9 nitrogen and oxygen atoms in total. The quantitative estimate of drug-likeness (QED) is 0.677. The molecule has 1 aliphatic heterocycles. The number of ether oxygens (including phenoxy) is 1. The van der Waals surface area contributed by atoms with Gasteiger partial charge in [0.25, 0.3) is 0 Å². The Kier molecular flexibility index (Phi) is 7.34. The Bertz CT molecular complexity index is 896. The number of rotatable bonds is 8. The average molecular weight is 441 g/mol. The maximum Gasteiger partial charge on any atom is 0.407 e. The van der Waals surface area contributed by atoms with Gasteiger partial charge in [0.15, 0.2) is 5.82 Å². The molecule has 1 saturated carbocycles. The highest BCUT2D eigenvalue weighted by atomic mass is 16.5. The molecule has 4 rings (SSSR count). The number of aromatic nitrogens is 4. The zero-order valence-electron chi connectivity index (χ0n) is 18.7. The Morgan fingerprint density at radius 2 is 1.94 bits per heavy atom. The van der Waals surface area contributed by atoms with E-state index < -0.39 is 6.09 Å². The number of aryl methyl sites for hydroxylation is 1. The lowest BCUT2D eigenvalue weighted by Crippen LogP contribution is -2.42. The molecule has 2 fully saturated rings. The Balaban J connectivity index is 1.38. The molecule has 0 spiro atoms. The van der Waals surface area contributed by atoms with Gasteiger partial charge in [0.1, 0.15) is 6.61 Å². The van der Waals surface area contributed by atoms with Crippen LogP contribution in [0.25, 0.3) is 0 Å². The van der Waals surface area contributed by atoms with Crippen LogP contribution in [0.2, 0.25) is 0 Å². The van der Waals surface area contributed by atoms with Gasteiger partial charge in [-0.15, -0.1) is 10.2 Å². The van der Waals surface area contributed by atoms with E-state index in [1.807, 2.05) is 35.2 Å². The lowest BCUT2D eigenvalue weighted by atomic mass is 9.91. The summed E-state index contributed by atoms with van der Waals surface area (Å²) in [6.07, 6.45) is 6.77. The zero-order valence-corrected chi connectivity index (χ0v) is 18.7. The number of nitrogens with zero attached hydrogens (tertiary/aromatic N) is 5. The minimum Gasteiger partial charge on any atom is -0.445 e. The van der Waals surface area contributed by atoms with Crippen molar-refractivity contribution in [2.45, 2.75) is 57.6 Å². The van der Waals surface area contributed by atoms with Crippen molar-refractivity contribution >= 4 is 12.0 Å². The lowest BCUT2D eigenvalue weighted by molar-refractivity contribution is -0.137. The fourth-order valence-corrected chi connectivity index (χ4v) is 4.87. The predicted molar refractivity (Wildman–Crippen MR) is 117 cm³/mol. The fraction of sp³-hybridized carbons (Fsp3) is 0.609. The molecule has 2 aliphatic rings. The second-order valence-electron chi connectivity index (χ2n) is 8.85. The number of benzene rings is 1. The van der Waals surface area contributed by atoms with Crippen LogP contribution in [0.4, 0.5) is 4.79 Å². The normalized spacial score (nSPS) is 19.8. The van der Waals surface area contributed by atoms with E-state index >= 15 is 0 Å². The third-order valence-corrected chi connectivity index (χ3v) is 6.51. The summed E-state index contributed by atoms with van der Waals surface area (Å²) >= 11 is 0. The Morgan fingerprint density at radius 1 is 1.16 bits per heavy atom. The highest BCUT2D eigenvalue weighted by Crippen LogP contribution is 2.34. The standard InChI is InChI=1S/C23H32N6O3/c1-28-26-21(25-27-28)20-12-7-13-29(20)22(30)19(14-17-8-5-6-9-17)15-24-23(31)32-16-18-10-3-2-4-11-18/h2-4,10-11,17,19-20H,5-9,12-16H2,1H3,(H,24,31)/t19-,20+/m1/s1. The summed E-state index contributed by atoms with van der Waals surface area (Å²) < 4.78 is 5.34. The molecule has 0 radical (unpaired) electrons. The molecule has 2 heterocycles. The molecule has 1 aliphatic carbocycles. The minimum absolute atomic E-state index is 0.0650. The summed E-state index contributed by atoms with van der Waals surface area (Å²) in [5, 5.41) is 15.2. The van der Waals surface area contributed by atoms with Gasteiger partial charge in [-0.2, -0.15) is 4.80 Å². The van der Waals surface area contributed by atoms with Gasteiger partial charge in [0.05, 0.1) is 19.0 Å². The van der Waals surface area contributed by atoms with Crippen molar-refractivity contribution in [3.63, 3.8) is 0 Å². The van der Waals surface area contributed by atoms with Gasteiger partial charge in [-0.25, -0.2) is 4.79 Å². The lowest BCUT2D eigenvalue weighted by Gasteiger charge is -2.28. The van der Waals surface area contributed by atoms with Crippen molar-refractivity contribution < 1.29 is 14.3 Å². The van der Waals surface area contributed by atoms with E-state index in [1.54, 1.807) is 7.05 Å². The summed E-state index contributed by atoms with van der Waals surface area (Å²) in [4.78, 5) is 29.2. The van der Waals surface area contributed by atoms with Crippen LogP contribution in [0.3, 0.4) is 0 Å². The zero-order chi connectivity index (χ0) is 22.3. The van der Waals surface area contributed by atoms with E-state index in [0.717, 1.165) is 37.7 Å². The molecular weight excluding hydrogens is 408 g/mol. The van der Waals surface area contributed by atoms with Crippen LogP contribution in [0, 0.1) is 11.8 Å². The molecule has 1 aromatic heterocycles.